The van der Waals surface area contributed by atoms with Gasteiger partial charge in [-0.25, -0.2) is 4.79 Å². The molecule has 0 unspecified atom stereocenters. The number of halogens is 1. The summed E-state index contributed by atoms with van der Waals surface area (Å²) in [7, 11) is 0. The number of carbonyl (C=O) groups is 2. The fourth-order valence-electron chi connectivity index (χ4n) is 3.18. The number of rotatable bonds is 4. The maximum absolute atomic E-state index is 12.6. The van der Waals surface area contributed by atoms with E-state index in [0.717, 1.165) is 12.8 Å². The molecule has 1 aliphatic heterocycles. The second-order valence-corrected chi connectivity index (χ2v) is 7.39. The van der Waals surface area contributed by atoms with Crippen molar-refractivity contribution in [2.45, 2.75) is 31.6 Å². The van der Waals surface area contributed by atoms with Crippen molar-refractivity contribution in [2.24, 2.45) is 5.92 Å². The third-order valence-electron chi connectivity index (χ3n) is 4.97. The summed E-state index contributed by atoms with van der Waals surface area (Å²) in [6, 6.07) is 4.77. The van der Waals surface area contributed by atoms with Gasteiger partial charge in [0.1, 0.15) is 0 Å². The minimum atomic E-state index is -0.810. The molecule has 2 heterocycles. The molecule has 2 N–H and O–H groups in total. The van der Waals surface area contributed by atoms with E-state index < -0.39 is 11.9 Å². The first-order valence-corrected chi connectivity index (χ1v) is 9.31. The topological polar surface area (TPSA) is 109 Å². The monoisotopic (exact) mass is 390 g/mol. The largest absolute Gasteiger partial charge is 0.481 e. The molecule has 9 heteroatoms. The number of anilines is 1. The molecule has 1 saturated heterocycles. The Kier molecular flexibility index (Phi) is 4.73. The van der Waals surface area contributed by atoms with Crippen LogP contribution in [0.1, 0.15) is 37.4 Å². The normalized spacial score (nSPS) is 17.7. The van der Waals surface area contributed by atoms with Crippen LogP contribution >= 0.6 is 11.6 Å². The highest BCUT2D eigenvalue weighted by Gasteiger charge is 2.30. The number of carbonyl (C=O) groups excluding carboxylic acids is 1. The van der Waals surface area contributed by atoms with Crippen molar-refractivity contribution in [3.05, 3.63) is 29.0 Å². The van der Waals surface area contributed by atoms with E-state index in [-0.39, 0.29) is 6.03 Å². The summed E-state index contributed by atoms with van der Waals surface area (Å²) in [6.07, 6.45) is 3.02. The van der Waals surface area contributed by atoms with Gasteiger partial charge in [0.25, 0.3) is 5.89 Å². The van der Waals surface area contributed by atoms with Gasteiger partial charge >= 0.3 is 12.0 Å². The number of carboxylic acids is 1. The maximum atomic E-state index is 12.6. The number of urea groups is 1. The lowest BCUT2D eigenvalue weighted by atomic mass is 9.97. The van der Waals surface area contributed by atoms with Gasteiger partial charge in [0.15, 0.2) is 5.82 Å². The van der Waals surface area contributed by atoms with Crippen molar-refractivity contribution >= 4 is 29.3 Å². The molecule has 1 aliphatic carbocycles. The summed E-state index contributed by atoms with van der Waals surface area (Å²) in [5, 5.41) is 16.4. The number of aliphatic carboxylic acids is 1. The van der Waals surface area contributed by atoms with Crippen LogP contribution in [0.4, 0.5) is 10.5 Å². The lowest BCUT2D eigenvalue weighted by Gasteiger charge is -2.30. The molecule has 1 aromatic carbocycles. The predicted octanol–water partition coefficient (Wildman–Crippen LogP) is 3.60. The van der Waals surface area contributed by atoms with Gasteiger partial charge in [-0.1, -0.05) is 16.8 Å². The zero-order valence-electron chi connectivity index (χ0n) is 14.5. The van der Waals surface area contributed by atoms with Crippen LogP contribution in [-0.4, -0.2) is 45.2 Å². The summed E-state index contributed by atoms with van der Waals surface area (Å²) in [6.45, 7) is 0.788. The van der Waals surface area contributed by atoms with E-state index in [9.17, 15) is 9.59 Å². The Bertz CT molecular complexity index is 872. The molecule has 8 nitrogen and oxygen atoms in total. The number of nitrogens with one attached hydrogen (secondary N) is 1. The van der Waals surface area contributed by atoms with Crippen molar-refractivity contribution in [1.29, 1.82) is 0 Å². The zero-order valence-corrected chi connectivity index (χ0v) is 15.3. The Morgan fingerprint density at radius 3 is 2.63 bits per heavy atom. The first-order chi connectivity index (χ1) is 13.0. The van der Waals surface area contributed by atoms with E-state index in [4.69, 9.17) is 21.2 Å². The standard InChI is InChI=1S/C18H19ClN4O4/c19-12-3-4-13(16-21-15(22-27-16)10-1-2-10)14(9-12)20-18(26)23-7-5-11(6-8-23)17(24)25/h3-4,9-11H,1-2,5-8H2,(H,20,26)(H,24,25). The molecule has 0 spiro atoms. The van der Waals surface area contributed by atoms with Crippen LogP contribution in [0.5, 0.6) is 0 Å². The Morgan fingerprint density at radius 2 is 1.96 bits per heavy atom. The molecule has 2 amide bonds. The van der Waals surface area contributed by atoms with Crippen molar-refractivity contribution < 1.29 is 19.2 Å². The van der Waals surface area contributed by atoms with Gasteiger partial charge in [-0.3, -0.25) is 4.79 Å². The number of carboxylic acid groups (broad SMARTS) is 1. The van der Waals surface area contributed by atoms with E-state index in [2.05, 4.69) is 15.5 Å². The molecule has 2 fully saturated rings. The number of hydrogen-bond acceptors (Lipinski definition) is 5. The number of benzene rings is 1. The number of likely N-dealkylation sites (tertiary alicyclic amines) is 1. The summed E-state index contributed by atoms with van der Waals surface area (Å²) in [4.78, 5) is 29.7. The van der Waals surface area contributed by atoms with Crippen LogP contribution in [-0.2, 0) is 4.79 Å². The highest BCUT2D eigenvalue weighted by atomic mass is 35.5. The van der Waals surface area contributed by atoms with Crippen LogP contribution in [0, 0.1) is 5.92 Å². The van der Waals surface area contributed by atoms with Crippen molar-refractivity contribution in [1.82, 2.24) is 15.0 Å². The van der Waals surface area contributed by atoms with Gasteiger partial charge < -0.3 is 19.8 Å². The molecule has 0 bridgehead atoms. The van der Waals surface area contributed by atoms with E-state index in [0.29, 0.717) is 59.8 Å². The van der Waals surface area contributed by atoms with Crippen LogP contribution in [0.3, 0.4) is 0 Å². The molecule has 142 valence electrons. The Morgan fingerprint density at radius 1 is 1.22 bits per heavy atom. The highest BCUT2D eigenvalue weighted by molar-refractivity contribution is 6.31. The molecule has 2 aromatic rings. The van der Waals surface area contributed by atoms with Gasteiger partial charge in [-0.05, 0) is 43.9 Å². The van der Waals surface area contributed by atoms with Crippen LogP contribution in [0.25, 0.3) is 11.5 Å². The third-order valence-corrected chi connectivity index (χ3v) is 5.20. The highest BCUT2D eigenvalue weighted by Crippen LogP contribution is 2.39. The molecule has 1 saturated carbocycles. The lowest BCUT2D eigenvalue weighted by molar-refractivity contribution is -0.143. The molecule has 1 aromatic heterocycles. The average molecular weight is 391 g/mol. The average Bonchev–Trinajstić information content (AvgIpc) is 3.39. The molecule has 2 aliphatic rings. The number of nitrogens with zero attached hydrogens (tertiary/aromatic N) is 3. The predicted molar refractivity (Wildman–Crippen MR) is 97.7 cm³/mol. The maximum Gasteiger partial charge on any atom is 0.321 e. The summed E-state index contributed by atoms with van der Waals surface area (Å²) in [5.74, 6) is 0.190. The molecule has 0 atom stereocenters. The minimum absolute atomic E-state index is 0.302. The summed E-state index contributed by atoms with van der Waals surface area (Å²) < 4.78 is 5.37. The zero-order chi connectivity index (χ0) is 19.0. The fourth-order valence-corrected chi connectivity index (χ4v) is 3.35. The smallest absolute Gasteiger partial charge is 0.321 e. The van der Waals surface area contributed by atoms with Crippen molar-refractivity contribution in [3.8, 4) is 11.5 Å². The molecule has 4 rings (SSSR count). The van der Waals surface area contributed by atoms with Crippen LogP contribution < -0.4 is 5.32 Å². The van der Waals surface area contributed by atoms with E-state index in [1.165, 1.54) is 0 Å². The Balaban J connectivity index is 1.50. The van der Waals surface area contributed by atoms with Crippen LogP contribution in [0.2, 0.25) is 5.02 Å². The van der Waals surface area contributed by atoms with E-state index in [1.54, 1.807) is 23.1 Å². The minimum Gasteiger partial charge on any atom is -0.481 e. The van der Waals surface area contributed by atoms with Gasteiger partial charge in [-0.15, -0.1) is 0 Å². The second-order valence-electron chi connectivity index (χ2n) is 6.95. The lowest BCUT2D eigenvalue weighted by Crippen LogP contribution is -2.42. The van der Waals surface area contributed by atoms with E-state index in [1.807, 2.05) is 0 Å². The molecule has 27 heavy (non-hydrogen) atoms. The molecule has 0 radical (unpaired) electrons. The SMILES string of the molecule is O=C(O)C1CCN(C(=O)Nc2cc(Cl)ccc2-c2nc(C3CC3)no2)CC1. The van der Waals surface area contributed by atoms with E-state index >= 15 is 0 Å². The number of hydrogen-bond donors (Lipinski definition) is 2. The molecular formula is C18H19ClN4O4. The summed E-state index contributed by atoms with van der Waals surface area (Å²) in [5.41, 5.74) is 1.09. The first kappa shape index (κ1) is 17.8. The number of piperidine rings is 1. The number of amides is 2. The van der Waals surface area contributed by atoms with Gasteiger partial charge in [0.2, 0.25) is 0 Å². The van der Waals surface area contributed by atoms with Crippen molar-refractivity contribution in [2.75, 3.05) is 18.4 Å². The first-order valence-electron chi connectivity index (χ1n) is 8.93. The van der Waals surface area contributed by atoms with Crippen LogP contribution in [0.15, 0.2) is 22.7 Å². The van der Waals surface area contributed by atoms with Gasteiger partial charge in [-0.2, -0.15) is 4.98 Å². The second kappa shape index (κ2) is 7.19. The Hall–Kier alpha value is -2.61. The Labute approximate surface area is 160 Å². The quantitative estimate of drug-likeness (QED) is 0.825. The molecular weight excluding hydrogens is 372 g/mol. The van der Waals surface area contributed by atoms with Gasteiger partial charge in [0.05, 0.1) is 17.2 Å². The van der Waals surface area contributed by atoms with Crippen molar-refractivity contribution in [3.63, 3.8) is 0 Å². The summed E-state index contributed by atoms with van der Waals surface area (Å²) >= 11 is 6.10. The third kappa shape index (κ3) is 3.90. The number of aromatic nitrogens is 2. The van der Waals surface area contributed by atoms with Gasteiger partial charge in [0, 0.05) is 24.0 Å². The fraction of sp³-hybridized carbons (Fsp3) is 0.444.